The lowest BCUT2D eigenvalue weighted by Gasteiger charge is -2.23. The van der Waals surface area contributed by atoms with Crippen molar-refractivity contribution in [3.63, 3.8) is 0 Å². The molecule has 1 rings (SSSR count). The molecule has 0 spiro atoms. The average molecular weight is 250 g/mol. The van der Waals surface area contributed by atoms with Crippen molar-refractivity contribution in [3.8, 4) is 6.07 Å². The van der Waals surface area contributed by atoms with E-state index in [4.69, 9.17) is 16.7 Å². The lowest BCUT2D eigenvalue weighted by atomic mass is 10.1. The number of carbonyl (C=O) groups excluding carboxylic acids is 1. The summed E-state index contributed by atoms with van der Waals surface area (Å²) in [6.45, 7) is 2.73. The van der Waals surface area contributed by atoms with Gasteiger partial charge < -0.3 is 16.4 Å². The topological polar surface area (TPSA) is 96.1 Å². The van der Waals surface area contributed by atoms with E-state index in [1.165, 1.54) is 6.07 Å². The van der Waals surface area contributed by atoms with Crippen molar-refractivity contribution in [2.75, 3.05) is 23.7 Å². The van der Waals surface area contributed by atoms with Crippen LogP contribution in [0.15, 0.2) is 12.1 Å². The summed E-state index contributed by atoms with van der Waals surface area (Å²) in [6.07, 6.45) is 0.267. The third-order valence-corrected chi connectivity index (χ3v) is 2.60. The number of primary amides is 1. The number of nitriles is 1. The van der Waals surface area contributed by atoms with Gasteiger partial charge in [0.1, 0.15) is 5.82 Å². The summed E-state index contributed by atoms with van der Waals surface area (Å²) in [6, 6.07) is 4.39. The van der Waals surface area contributed by atoms with Gasteiger partial charge in [-0.25, -0.2) is 4.39 Å². The van der Waals surface area contributed by atoms with Crippen molar-refractivity contribution in [1.29, 1.82) is 5.26 Å². The van der Waals surface area contributed by atoms with E-state index in [1.807, 2.05) is 13.0 Å². The van der Waals surface area contributed by atoms with Gasteiger partial charge in [0.15, 0.2) is 0 Å². The molecule has 0 saturated carbocycles. The minimum atomic E-state index is -0.704. The van der Waals surface area contributed by atoms with Crippen molar-refractivity contribution >= 4 is 17.3 Å². The number of benzene rings is 1. The first kappa shape index (κ1) is 13.8. The smallest absolute Gasteiger partial charge is 0.250 e. The maximum Gasteiger partial charge on any atom is 0.250 e. The van der Waals surface area contributed by atoms with E-state index in [0.717, 1.165) is 6.07 Å². The normalized spacial score (nSPS) is 9.83. The highest BCUT2D eigenvalue weighted by Gasteiger charge is 2.15. The van der Waals surface area contributed by atoms with Gasteiger partial charge in [0.2, 0.25) is 0 Å². The zero-order valence-corrected chi connectivity index (χ0v) is 10.1. The van der Waals surface area contributed by atoms with Gasteiger partial charge >= 0.3 is 0 Å². The molecule has 1 amide bonds. The Kier molecular flexibility index (Phi) is 4.49. The highest BCUT2D eigenvalue weighted by Crippen LogP contribution is 2.25. The fraction of sp³-hybridized carbons (Fsp3) is 0.333. The number of nitrogens with two attached hydrogens (primary N) is 2. The maximum absolute atomic E-state index is 13.8. The molecule has 0 aliphatic carbocycles. The predicted molar refractivity (Wildman–Crippen MR) is 67.4 cm³/mol. The fourth-order valence-electron chi connectivity index (χ4n) is 1.67. The second kappa shape index (κ2) is 5.87. The van der Waals surface area contributed by atoms with Gasteiger partial charge in [-0.3, -0.25) is 4.79 Å². The fourth-order valence-corrected chi connectivity index (χ4v) is 1.67. The monoisotopic (exact) mass is 250 g/mol. The van der Waals surface area contributed by atoms with Crippen LogP contribution >= 0.6 is 0 Å². The van der Waals surface area contributed by atoms with Crippen LogP contribution in [0.1, 0.15) is 23.7 Å². The molecule has 1 aromatic rings. The van der Waals surface area contributed by atoms with Gasteiger partial charge in [-0.2, -0.15) is 5.26 Å². The Bertz CT molecular complexity index is 496. The number of carbonyl (C=O) groups is 1. The van der Waals surface area contributed by atoms with Crippen molar-refractivity contribution in [2.24, 2.45) is 5.73 Å². The first-order valence-corrected chi connectivity index (χ1v) is 5.52. The zero-order valence-electron chi connectivity index (χ0n) is 10.1. The molecule has 0 atom stereocenters. The summed E-state index contributed by atoms with van der Waals surface area (Å²) in [4.78, 5) is 12.8. The van der Waals surface area contributed by atoms with Gasteiger partial charge in [-0.05, 0) is 19.1 Å². The van der Waals surface area contributed by atoms with Crippen LogP contribution in [0.5, 0.6) is 0 Å². The lowest BCUT2D eigenvalue weighted by Crippen LogP contribution is -2.25. The van der Waals surface area contributed by atoms with Crippen LogP contribution in [0.2, 0.25) is 0 Å². The van der Waals surface area contributed by atoms with E-state index < -0.39 is 11.7 Å². The van der Waals surface area contributed by atoms with Crippen molar-refractivity contribution in [1.82, 2.24) is 0 Å². The molecule has 0 aromatic heterocycles. The van der Waals surface area contributed by atoms with E-state index in [9.17, 15) is 9.18 Å². The second-order valence-electron chi connectivity index (χ2n) is 3.74. The highest BCUT2D eigenvalue weighted by molar-refractivity contribution is 5.99. The van der Waals surface area contributed by atoms with E-state index in [-0.39, 0.29) is 23.4 Å². The highest BCUT2D eigenvalue weighted by atomic mass is 19.1. The van der Waals surface area contributed by atoms with Crippen LogP contribution in [0.25, 0.3) is 0 Å². The molecule has 5 nitrogen and oxygen atoms in total. The number of hydrogen-bond acceptors (Lipinski definition) is 4. The Hall–Kier alpha value is -2.29. The first-order valence-electron chi connectivity index (χ1n) is 5.52. The molecule has 0 radical (unpaired) electrons. The molecule has 6 heteroatoms. The summed E-state index contributed by atoms with van der Waals surface area (Å²) in [5.74, 6) is -1.23. The standard InChI is InChI=1S/C12H15FN4O/c1-2-17(5-3-4-14)11-6-8(12(16)18)10(15)7-9(11)13/h6-7H,2-3,5,15H2,1H3,(H2,16,18). The average Bonchev–Trinajstić information content (AvgIpc) is 2.31. The summed E-state index contributed by atoms with van der Waals surface area (Å²) < 4.78 is 13.8. The summed E-state index contributed by atoms with van der Waals surface area (Å²) in [5, 5.41) is 8.55. The molecule has 0 unspecified atom stereocenters. The molecule has 18 heavy (non-hydrogen) atoms. The summed E-state index contributed by atoms with van der Waals surface area (Å²) in [5.41, 5.74) is 11.0. The first-order chi connectivity index (χ1) is 8.51. The van der Waals surface area contributed by atoms with Crippen LogP contribution in [-0.4, -0.2) is 19.0 Å². The van der Waals surface area contributed by atoms with Crippen LogP contribution in [0, 0.1) is 17.1 Å². The number of anilines is 2. The maximum atomic E-state index is 13.8. The zero-order chi connectivity index (χ0) is 13.7. The molecular formula is C12H15FN4O. The Morgan fingerprint density at radius 1 is 1.56 bits per heavy atom. The summed E-state index contributed by atoms with van der Waals surface area (Å²) >= 11 is 0. The van der Waals surface area contributed by atoms with Crippen LogP contribution < -0.4 is 16.4 Å². The molecule has 0 heterocycles. The number of nitrogens with zero attached hydrogens (tertiary/aromatic N) is 2. The van der Waals surface area contributed by atoms with Gasteiger partial charge in [0.25, 0.3) is 5.91 Å². The van der Waals surface area contributed by atoms with Gasteiger partial charge in [-0.1, -0.05) is 0 Å². The molecule has 1 aromatic carbocycles. The molecule has 0 aliphatic rings. The van der Waals surface area contributed by atoms with E-state index in [1.54, 1.807) is 4.90 Å². The number of rotatable bonds is 5. The Balaban J connectivity index is 3.18. The van der Waals surface area contributed by atoms with Crippen LogP contribution in [-0.2, 0) is 0 Å². The van der Waals surface area contributed by atoms with Crippen molar-refractivity contribution in [3.05, 3.63) is 23.5 Å². The number of amides is 1. The quantitative estimate of drug-likeness (QED) is 0.768. The SMILES string of the molecule is CCN(CCC#N)c1cc(C(N)=O)c(N)cc1F. The molecule has 0 bridgehead atoms. The molecule has 0 aliphatic heterocycles. The predicted octanol–water partition coefficient (Wildman–Crippen LogP) is 1.25. The van der Waals surface area contributed by atoms with Crippen molar-refractivity contribution in [2.45, 2.75) is 13.3 Å². The van der Waals surface area contributed by atoms with Gasteiger partial charge in [0, 0.05) is 18.8 Å². The number of halogens is 1. The van der Waals surface area contributed by atoms with Crippen LogP contribution in [0.3, 0.4) is 0 Å². The lowest BCUT2D eigenvalue weighted by molar-refractivity contribution is 0.100. The van der Waals surface area contributed by atoms with E-state index in [0.29, 0.717) is 13.1 Å². The van der Waals surface area contributed by atoms with Gasteiger partial charge in [-0.15, -0.1) is 0 Å². The molecule has 96 valence electrons. The Labute approximate surface area is 105 Å². The molecule has 0 saturated heterocycles. The number of hydrogen-bond donors (Lipinski definition) is 2. The molecule has 4 N–H and O–H groups in total. The molecule has 0 fully saturated rings. The minimum absolute atomic E-state index is 0.0140. The minimum Gasteiger partial charge on any atom is -0.398 e. The van der Waals surface area contributed by atoms with E-state index >= 15 is 0 Å². The van der Waals surface area contributed by atoms with Gasteiger partial charge in [0.05, 0.1) is 23.7 Å². The summed E-state index contributed by atoms with van der Waals surface area (Å²) in [7, 11) is 0. The Morgan fingerprint density at radius 2 is 2.22 bits per heavy atom. The largest absolute Gasteiger partial charge is 0.398 e. The third-order valence-electron chi connectivity index (χ3n) is 2.60. The second-order valence-corrected chi connectivity index (χ2v) is 3.74. The molecular weight excluding hydrogens is 235 g/mol. The third kappa shape index (κ3) is 2.88. The number of nitrogen functional groups attached to an aromatic ring is 1. The van der Waals surface area contributed by atoms with E-state index in [2.05, 4.69) is 0 Å². The Morgan fingerprint density at radius 3 is 2.72 bits per heavy atom. The van der Waals surface area contributed by atoms with Crippen LogP contribution in [0.4, 0.5) is 15.8 Å². The van der Waals surface area contributed by atoms with Crippen molar-refractivity contribution < 1.29 is 9.18 Å².